The van der Waals surface area contributed by atoms with Crippen LogP contribution >= 0.6 is 15.4 Å². The summed E-state index contributed by atoms with van der Waals surface area (Å²) in [6.45, 7) is 7.23. The zero-order valence-corrected chi connectivity index (χ0v) is 47.8. The molecule has 2 aliphatic heterocycles. The van der Waals surface area contributed by atoms with Crippen molar-refractivity contribution in [2.24, 2.45) is 0 Å². The SMILES string of the molecule is C=P(O)(OCCOP(=O)(O)OCCNC(=O)OC1CCCC2=C(CC1)C(C)NNC2C1=CCC(OCCOCCOCCOCCOCCC(=O)NCCCCCCOC)C=C1)OC[C@H]1O[C@@H](n2cc(C)c(=O)[nH]c2=O)CC1O. The number of nitrogens with zero attached hydrogens (tertiary/aromatic N) is 1. The number of phosphoric acid groups is 1. The predicted octanol–water partition coefficient (Wildman–Crippen LogP) is 3.12. The number of carbonyl (C=O) groups is 2. The van der Waals surface area contributed by atoms with Crippen molar-refractivity contribution in [3.63, 3.8) is 0 Å². The highest BCUT2D eigenvalue weighted by Gasteiger charge is 2.37. The van der Waals surface area contributed by atoms with Gasteiger partial charge >= 0.3 is 19.6 Å². The van der Waals surface area contributed by atoms with Gasteiger partial charge in [0.15, 0.2) is 0 Å². The molecule has 0 radical (unpaired) electrons. The lowest BCUT2D eigenvalue weighted by molar-refractivity contribution is -0.122. The first-order valence-electron chi connectivity index (χ1n) is 27.3. The minimum Gasteiger partial charge on any atom is -0.446 e. The van der Waals surface area contributed by atoms with Crippen LogP contribution in [0.5, 0.6) is 0 Å². The van der Waals surface area contributed by atoms with Gasteiger partial charge in [0.1, 0.15) is 18.4 Å². The lowest BCUT2D eigenvalue weighted by Crippen LogP contribution is -2.53. The molecule has 2 amide bonds. The number of aryl methyl sites for hydroxylation is 1. The Bertz CT molecular complexity index is 2320. The second-order valence-corrected chi connectivity index (χ2v) is 22.6. The maximum absolute atomic E-state index is 12.7. The molecule has 1 saturated heterocycles. The van der Waals surface area contributed by atoms with Crippen molar-refractivity contribution < 1.29 is 85.0 Å². The van der Waals surface area contributed by atoms with Gasteiger partial charge in [0.2, 0.25) is 13.5 Å². The summed E-state index contributed by atoms with van der Waals surface area (Å²) in [5.41, 5.74) is 9.75. The van der Waals surface area contributed by atoms with Crippen LogP contribution in [0, 0.1) is 6.92 Å². The molecule has 0 spiro atoms. The third kappa shape index (κ3) is 25.3. The number of nitrogens with one attached hydrogen (secondary N) is 5. The molecule has 5 rings (SSSR count). The van der Waals surface area contributed by atoms with E-state index < -0.39 is 64.4 Å². The summed E-state index contributed by atoms with van der Waals surface area (Å²) in [6, 6.07) is 0.0800. The summed E-state index contributed by atoms with van der Waals surface area (Å²) in [5.74, 6) is 0.00123. The number of aromatic nitrogens is 2. The first kappa shape index (κ1) is 66.3. The third-order valence-electron chi connectivity index (χ3n) is 13.2. The number of methoxy groups -OCH3 is 1. The van der Waals surface area contributed by atoms with E-state index in [0.29, 0.717) is 85.3 Å². The van der Waals surface area contributed by atoms with Gasteiger partial charge in [-0.3, -0.25) is 33.6 Å². The van der Waals surface area contributed by atoms with Crippen molar-refractivity contribution in [2.75, 3.05) is 113 Å². The number of ether oxygens (including phenoxy) is 8. The first-order valence-corrected chi connectivity index (χ1v) is 30.6. The molecular formula is C51H86N6O20P2. The number of phosphoric ester groups is 1. The molecule has 28 heteroatoms. The lowest BCUT2D eigenvalue weighted by atomic mass is 9.81. The normalized spacial score (nSPS) is 24.0. The van der Waals surface area contributed by atoms with E-state index in [9.17, 15) is 38.6 Å². The van der Waals surface area contributed by atoms with E-state index in [4.69, 9.17) is 56.0 Å². The minimum absolute atomic E-state index is 0.00123. The highest BCUT2D eigenvalue weighted by molar-refractivity contribution is 7.58. The number of amides is 2. The summed E-state index contributed by atoms with van der Waals surface area (Å²) in [4.78, 5) is 71.4. The number of hydrogen-bond donors (Lipinski definition) is 8. The first-order chi connectivity index (χ1) is 38.0. The van der Waals surface area contributed by atoms with E-state index in [1.807, 2.05) is 0 Å². The number of unbranched alkanes of at least 4 members (excludes halogenated alkanes) is 3. The molecule has 2 aliphatic carbocycles. The standard InChI is InChI=1S/C51H86N6O20P2/c1-37-35-57(50(61)54-49(37)60)47-34-44(58)45(77-47)36-75-78(4,63)72-32-33-74-79(64,65)73-23-20-53-51(62)76-41-10-9-11-43-42(17-16-41)38(2)55-56-48(43)39-12-14-40(15-13-39)71-31-30-70-29-28-69-27-26-68-25-24-67-22-18-46(59)52-19-7-5-6-8-21-66-3/h12-14,35,38,40-41,44-45,47-48,55-56,58,63H,4-11,15-34,36H2,1-3H3,(H,52,59)(H,53,62)(H,64,65)(H,54,60,61)/t38?,40?,41?,44?,45-,47-,48?,78?/m1/s1. The number of H-pyrrole nitrogens is 1. The average molecular weight is 1170 g/mol. The Morgan fingerprint density at radius 1 is 0.823 bits per heavy atom. The molecule has 1 fully saturated rings. The largest absolute Gasteiger partial charge is 0.472 e. The van der Waals surface area contributed by atoms with Crippen molar-refractivity contribution >= 4 is 33.7 Å². The van der Waals surface area contributed by atoms with E-state index in [1.165, 1.54) is 24.3 Å². The molecule has 0 saturated carbocycles. The Morgan fingerprint density at radius 3 is 2.24 bits per heavy atom. The Kier molecular flexibility index (Phi) is 30.4. The van der Waals surface area contributed by atoms with Gasteiger partial charge in [0.05, 0.1) is 104 Å². The molecule has 9 atom stereocenters. The van der Waals surface area contributed by atoms with Crippen molar-refractivity contribution in [3.05, 3.63) is 67.5 Å². The highest BCUT2D eigenvalue weighted by atomic mass is 31.2. The Morgan fingerprint density at radius 2 is 1.52 bits per heavy atom. The fourth-order valence-electron chi connectivity index (χ4n) is 9.03. The zero-order chi connectivity index (χ0) is 56.9. The van der Waals surface area contributed by atoms with E-state index in [0.717, 1.165) is 68.1 Å². The second kappa shape index (κ2) is 36.2. The van der Waals surface area contributed by atoms with Gasteiger partial charge in [-0.25, -0.2) is 19.6 Å². The van der Waals surface area contributed by atoms with Crippen LogP contribution in [-0.2, 0) is 65.3 Å². The Labute approximate surface area is 462 Å². The molecule has 1 aromatic heterocycles. The quantitative estimate of drug-likeness (QED) is 0.0268. The maximum Gasteiger partial charge on any atom is 0.472 e. The number of aliphatic hydroxyl groups excluding tert-OH is 1. The molecule has 4 aliphatic rings. The van der Waals surface area contributed by atoms with Crippen molar-refractivity contribution in [3.8, 4) is 0 Å². The van der Waals surface area contributed by atoms with Gasteiger partial charge in [-0.2, -0.15) is 0 Å². The molecular weight excluding hydrogens is 1080 g/mol. The van der Waals surface area contributed by atoms with Crippen LogP contribution in [0.2, 0.25) is 0 Å². The summed E-state index contributed by atoms with van der Waals surface area (Å²) in [6.07, 6.45) is 16.2. The van der Waals surface area contributed by atoms with Crippen LogP contribution < -0.4 is 32.7 Å². The summed E-state index contributed by atoms with van der Waals surface area (Å²) < 4.78 is 78.9. The monoisotopic (exact) mass is 1160 g/mol. The number of rotatable bonds is 38. The van der Waals surface area contributed by atoms with Gasteiger partial charge in [-0.05, 0) is 82.7 Å². The van der Waals surface area contributed by atoms with E-state index in [2.05, 4.69) is 57.9 Å². The molecule has 3 heterocycles. The van der Waals surface area contributed by atoms with E-state index in [-0.39, 0.29) is 61.9 Å². The molecule has 1 aromatic rings. The fourth-order valence-corrected chi connectivity index (χ4v) is 10.5. The Hall–Kier alpha value is -3.47. The number of alkyl carbamates (subject to hydrolysis) is 1. The van der Waals surface area contributed by atoms with Crippen LogP contribution in [0.15, 0.2) is 50.7 Å². The number of aliphatic hydroxyl groups is 1. The molecule has 7 unspecified atom stereocenters. The summed E-state index contributed by atoms with van der Waals surface area (Å²) >= 11 is 0. The van der Waals surface area contributed by atoms with Gasteiger partial charge < -0.3 is 72.5 Å². The van der Waals surface area contributed by atoms with Gasteiger partial charge in [0, 0.05) is 57.4 Å². The molecule has 0 bridgehead atoms. The summed E-state index contributed by atoms with van der Waals surface area (Å²) in [5, 5.41) is 15.9. The van der Waals surface area contributed by atoms with Crippen molar-refractivity contribution in [1.29, 1.82) is 0 Å². The van der Waals surface area contributed by atoms with Crippen molar-refractivity contribution in [2.45, 2.75) is 134 Å². The molecule has 79 heavy (non-hydrogen) atoms. The average Bonchev–Trinajstić information content (AvgIpc) is 3.83. The fraction of sp³-hybridized carbons (Fsp3) is 0.745. The third-order valence-corrected chi connectivity index (χ3v) is 15.4. The lowest BCUT2D eigenvalue weighted by Gasteiger charge is -2.38. The molecule has 0 aromatic carbocycles. The molecule has 26 nitrogen and oxygen atoms in total. The molecule has 8 N–H and O–H groups in total. The van der Waals surface area contributed by atoms with Crippen LogP contribution in [0.3, 0.4) is 0 Å². The zero-order valence-electron chi connectivity index (χ0n) is 46.0. The number of carbonyl (C=O) groups excluding carboxylic acids is 2. The van der Waals surface area contributed by atoms with E-state index >= 15 is 0 Å². The van der Waals surface area contributed by atoms with E-state index in [1.54, 1.807) is 7.11 Å². The summed E-state index contributed by atoms with van der Waals surface area (Å²) in [7, 11) is -6.63. The highest BCUT2D eigenvalue weighted by Crippen LogP contribution is 2.46. The van der Waals surface area contributed by atoms with Gasteiger partial charge in [-0.15, -0.1) is 0 Å². The number of hydrazine groups is 1. The molecule has 450 valence electrons. The van der Waals surface area contributed by atoms with Crippen LogP contribution in [0.1, 0.15) is 95.8 Å². The minimum atomic E-state index is -4.58. The number of aromatic amines is 1. The van der Waals surface area contributed by atoms with Gasteiger partial charge in [-0.1, -0.05) is 36.6 Å². The van der Waals surface area contributed by atoms with Crippen LogP contribution in [0.4, 0.5) is 4.79 Å². The van der Waals surface area contributed by atoms with Crippen LogP contribution in [0.25, 0.3) is 0 Å². The number of hydrogen-bond acceptors (Lipinski definition) is 21. The van der Waals surface area contributed by atoms with Crippen molar-refractivity contribution in [1.82, 2.24) is 31.0 Å². The maximum atomic E-state index is 12.7. The Balaban J connectivity index is 0.857. The smallest absolute Gasteiger partial charge is 0.446 e. The predicted molar refractivity (Wildman–Crippen MR) is 291 cm³/mol. The second-order valence-electron chi connectivity index (χ2n) is 19.4. The topological polar surface area (TPSA) is 326 Å². The van der Waals surface area contributed by atoms with Gasteiger partial charge in [0.25, 0.3) is 5.56 Å². The van der Waals surface area contributed by atoms with Crippen LogP contribution in [-0.4, -0.2) is 192 Å².